The molecule has 1 N–H and O–H groups in total. The van der Waals surface area contributed by atoms with Crippen molar-refractivity contribution in [2.75, 3.05) is 38.5 Å². The van der Waals surface area contributed by atoms with Crippen molar-refractivity contribution < 1.29 is 4.79 Å². The zero-order chi connectivity index (χ0) is 14.1. The molecule has 1 aromatic rings. The molecular formula is C16H23N3O. The highest BCUT2D eigenvalue weighted by atomic mass is 16.2. The van der Waals surface area contributed by atoms with Gasteiger partial charge in [-0.05, 0) is 50.6 Å². The van der Waals surface area contributed by atoms with E-state index in [2.05, 4.69) is 36.3 Å². The number of aryl methyl sites for hydroxylation is 1. The quantitative estimate of drug-likeness (QED) is 0.848. The first-order valence-electron chi connectivity index (χ1n) is 7.51. The van der Waals surface area contributed by atoms with Crippen LogP contribution in [0.4, 0.5) is 5.69 Å². The fourth-order valence-corrected chi connectivity index (χ4v) is 3.22. The zero-order valence-electron chi connectivity index (χ0n) is 12.4. The predicted molar refractivity (Wildman–Crippen MR) is 81.2 cm³/mol. The molecule has 1 saturated heterocycles. The normalized spacial score (nSPS) is 23.1. The van der Waals surface area contributed by atoms with Gasteiger partial charge in [0.05, 0.1) is 0 Å². The van der Waals surface area contributed by atoms with E-state index >= 15 is 0 Å². The number of hydrogen-bond acceptors (Lipinski definition) is 3. The number of rotatable bonds is 1. The zero-order valence-corrected chi connectivity index (χ0v) is 12.4. The van der Waals surface area contributed by atoms with Crippen molar-refractivity contribution in [2.45, 2.75) is 25.8 Å². The van der Waals surface area contributed by atoms with Gasteiger partial charge in [-0.1, -0.05) is 0 Å². The molecule has 108 valence electrons. The van der Waals surface area contributed by atoms with Crippen molar-refractivity contribution in [2.24, 2.45) is 0 Å². The maximum atomic E-state index is 12.7. The average Bonchev–Trinajstić information content (AvgIpc) is 2.46. The van der Waals surface area contributed by atoms with Gasteiger partial charge in [-0.15, -0.1) is 0 Å². The van der Waals surface area contributed by atoms with E-state index < -0.39 is 0 Å². The highest BCUT2D eigenvalue weighted by Crippen LogP contribution is 2.24. The number of benzene rings is 1. The molecule has 0 spiro atoms. The van der Waals surface area contributed by atoms with Crippen LogP contribution in [0.3, 0.4) is 0 Å². The van der Waals surface area contributed by atoms with Gasteiger partial charge < -0.3 is 15.1 Å². The van der Waals surface area contributed by atoms with E-state index in [4.69, 9.17) is 0 Å². The van der Waals surface area contributed by atoms with Crippen LogP contribution in [0.15, 0.2) is 18.2 Å². The number of likely N-dealkylation sites (N-methyl/N-ethyl adjacent to an activating group) is 1. The van der Waals surface area contributed by atoms with E-state index in [1.807, 2.05) is 11.0 Å². The SMILES string of the molecule is CC1CN(C)CCN1C(=O)c1ccc2c(c1)CCCN2. The Balaban J connectivity index is 1.80. The lowest BCUT2D eigenvalue weighted by Crippen LogP contribution is -2.52. The number of carbonyl (C=O) groups is 1. The van der Waals surface area contributed by atoms with Crippen LogP contribution in [0, 0.1) is 0 Å². The van der Waals surface area contributed by atoms with Crippen molar-refractivity contribution in [1.82, 2.24) is 9.80 Å². The number of anilines is 1. The van der Waals surface area contributed by atoms with Gasteiger partial charge in [0.2, 0.25) is 0 Å². The molecule has 1 unspecified atom stereocenters. The van der Waals surface area contributed by atoms with Gasteiger partial charge in [-0.2, -0.15) is 0 Å². The fraction of sp³-hybridized carbons (Fsp3) is 0.562. The molecule has 2 aliphatic heterocycles. The van der Waals surface area contributed by atoms with E-state index in [0.29, 0.717) is 0 Å². The predicted octanol–water partition coefficient (Wildman–Crippen LogP) is 1.82. The molecule has 0 radical (unpaired) electrons. The lowest BCUT2D eigenvalue weighted by atomic mass is 10.00. The van der Waals surface area contributed by atoms with Crippen molar-refractivity contribution in [3.8, 4) is 0 Å². The fourth-order valence-electron chi connectivity index (χ4n) is 3.22. The highest BCUT2D eigenvalue weighted by molar-refractivity contribution is 5.95. The molecular weight excluding hydrogens is 250 g/mol. The lowest BCUT2D eigenvalue weighted by Gasteiger charge is -2.38. The van der Waals surface area contributed by atoms with Crippen LogP contribution in [0.25, 0.3) is 0 Å². The minimum atomic E-state index is 0.180. The minimum absolute atomic E-state index is 0.180. The van der Waals surface area contributed by atoms with Gasteiger partial charge in [0.25, 0.3) is 5.91 Å². The Morgan fingerprint density at radius 2 is 2.20 bits per heavy atom. The monoisotopic (exact) mass is 273 g/mol. The molecule has 1 aromatic carbocycles. The van der Waals surface area contributed by atoms with E-state index in [0.717, 1.165) is 44.6 Å². The number of piperazine rings is 1. The molecule has 2 aliphatic rings. The molecule has 0 aromatic heterocycles. The standard InChI is InChI=1S/C16H23N3O/c1-12-11-18(2)8-9-19(12)16(20)14-5-6-15-13(10-14)4-3-7-17-15/h5-6,10,12,17H,3-4,7-9,11H2,1-2H3. The summed E-state index contributed by atoms with van der Waals surface area (Å²) in [5.41, 5.74) is 3.31. The third kappa shape index (κ3) is 2.52. The molecule has 3 rings (SSSR count). The molecule has 1 amide bonds. The molecule has 4 heteroatoms. The second-order valence-corrected chi connectivity index (χ2v) is 6.01. The van der Waals surface area contributed by atoms with E-state index in [1.54, 1.807) is 0 Å². The van der Waals surface area contributed by atoms with Gasteiger partial charge in [-0.3, -0.25) is 4.79 Å². The minimum Gasteiger partial charge on any atom is -0.385 e. The maximum absolute atomic E-state index is 12.7. The van der Waals surface area contributed by atoms with E-state index in [9.17, 15) is 4.79 Å². The van der Waals surface area contributed by atoms with Gasteiger partial charge in [0, 0.05) is 43.5 Å². The first-order valence-corrected chi connectivity index (χ1v) is 7.51. The summed E-state index contributed by atoms with van der Waals surface area (Å²) in [4.78, 5) is 17.0. The smallest absolute Gasteiger partial charge is 0.254 e. The first-order chi connectivity index (χ1) is 9.65. The van der Waals surface area contributed by atoms with Gasteiger partial charge in [-0.25, -0.2) is 0 Å². The number of nitrogens with zero attached hydrogens (tertiary/aromatic N) is 2. The van der Waals surface area contributed by atoms with Gasteiger partial charge in [0.1, 0.15) is 0 Å². The molecule has 4 nitrogen and oxygen atoms in total. The Bertz CT molecular complexity index is 514. The Kier molecular flexibility index (Phi) is 3.66. The number of fused-ring (bicyclic) bond motifs is 1. The van der Waals surface area contributed by atoms with Crippen molar-refractivity contribution in [3.05, 3.63) is 29.3 Å². The van der Waals surface area contributed by atoms with Crippen LogP contribution in [-0.4, -0.2) is 55.0 Å². The maximum Gasteiger partial charge on any atom is 0.254 e. The largest absolute Gasteiger partial charge is 0.385 e. The molecule has 1 atom stereocenters. The van der Waals surface area contributed by atoms with Crippen molar-refractivity contribution >= 4 is 11.6 Å². The molecule has 1 fully saturated rings. The summed E-state index contributed by atoms with van der Waals surface area (Å²) in [6, 6.07) is 6.39. The Morgan fingerprint density at radius 1 is 1.35 bits per heavy atom. The Hall–Kier alpha value is -1.55. The van der Waals surface area contributed by atoms with Crippen molar-refractivity contribution in [3.63, 3.8) is 0 Å². The Morgan fingerprint density at radius 3 is 3.00 bits per heavy atom. The van der Waals surface area contributed by atoms with Crippen LogP contribution in [-0.2, 0) is 6.42 Å². The molecule has 0 bridgehead atoms. The summed E-state index contributed by atoms with van der Waals surface area (Å²) in [7, 11) is 2.11. The second-order valence-electron chi connectivity index (χ2n) is 6.01. The summed E-state index contributed by atoms with van der Waals surface area (Å²) in [5, 5.41) is 3.39. The molecule has 20 heavy (non-hydrogen) atoms. The van der Waals surface area contributed by atoms with E-state index in [-0.39, 0.29) is 11.9 Å². The summed E-state index contributed by atoms with van der Waals surface area (Å²) in [6.45, 7) is 5.91. The van der Waals surface area contributed by atoms with Gasteiger partial charge in [0.15, 0.2) is 0 Å². The van der Waals surface area contributed by atoms with Crippen molar-refractivity contribution in [1.29, 1.82) is 0 Å². The number of hydrogen-bond donors (Lipinski definition) is 1. The topological polar surface area (TPSA) is 35.6 Å². The van der Waals surface area contributed by atoms with Crippen LogP contribution in [0.1, 0.15) is 29.3 Å². The molecule has 0 aliphatic carbocycles. The lowest BCUT2D eigenvalue weighted by molar-refractivity contribution is 0.0533. The average molecular weight is 273 g/mol. The highest BCUT2D eigenvalue weighted by Gasteiger charge is 2.26. The number of carbonyl (C=O) groups excluding carboxylic acids is 1. The van der Waals surface area contributed by atoms with E-state index in [1.165, 1.54) is 11.3 Å². The first kappa shape index (κ1) is 13.4. The van der Waals surface area contributed by atoms with Crippen LogP contribution in [0.2, 0.25) is 0 Å². The van der Waals surface area contributed by atoms with Crippen LogP contribution < -0.4 is 5.32 Å². The summed E-state index contributed by atoms with van der Waals surface area (Å²) in [6.07, 6.45) is 2.22. The summed E-state index contributed by atoms with van der Waals surface area (Å²) in [5.74, 6) is 0.180. The second kappa shape index (κ2) is 5.44. The molecule has 2 heterocycles. The third-order valence-electron chi connectivity index (χ3n) is 4.38. The number of amides is 1. The van der Waals surface area contributed by atoms with Crippen LogP contribution >= 0.6 is 0 Å². The summed E-state index contributed by atoms with van der Waals surface area (Å²) >= 11 is 0. The number of nitrogens with one attached hydrogen (secondary N) is 1. The van der Waals surface area contributed by atoms with Gasteiger partial charge >= 0.3 is 0 Å². The third-order valence-corrected chi connectivity index (χ3v) is 4.38. The Labute approximate surface area is 120 Å². The summed E-state index contributed by atoms with van der Waals surface area (Å²) < 4.78 is 0. The van der Waals surface area contributed by atoms with Crippen LogP contribution in [0.5, 0.6) is 0 Å². The molecule has 0 saturated carbocycles.